The molecular formula is C23H34N6O4. The summed E-state index contributed by atoms with van der Waals surface area (Å²) in [7, 11) is 3.92. The summed E-state index contributed by atoms with van der Waals surface area (Å²) in [6.45, 7) is 5.38. The number of fused-ring (bicyclic) bond motifs is 3. The molecule has 0 spiro atoms. The van der Waals surface area contributed by atoms with E-state index in [0.717, 1.165) is 50.3 Å². The van der Waals surface area contributed by atoms with Crippen LogP contribution in [0, 0.1) is 16.0 Å². The molecule has 2 fully saturated rings. The van der Waals surface area contributed by atoms with Crippen LogP contribution in [0.1, 0.15) is 18.4 Å². The lowest BCUT2D eigenvalue weighted by atomic mass is 9.83. The molecule has 2 atom stereocenters. The Balaban J connectivity index is 1.53. The molecule has 3 heterocycles. The molecule has 2 unspecified atom stereocenters. The number of nitro groups is 1. The van der Waals surface area contributed by atoms with Gasteiger partial charge in [-0.2, -0.15) is 0 Å². The molecule has 3 aliphatic rings. The zero-order chi connectivity index (χ0) is 23.5. The van der Waals surface area contributed by atoms with Gasteiger partial charge in [0.1, 0.15) is 0 Å². The first-order valence-corrected chi connectivity index (χ1v) is 11.8. The summed E-state index contributed by atoms with van der Waals surface area (Å²) in [5, 5.41) is 14.4. The van der Waals surface area contributed by atoms with Gasteiger partial charge in [-0.3, -0.25) is 24.6 Å². The Hall–Kier alpha value is -2.72. The first-order chi connectivity index (χ1) is 15.8. The van der Waals surface area contributed by atoms with Crippen LogP contribution in [0.3, 0.4) is 0 Å². The van der Waals surface area contributed by atoms with Gasteiger partial charge in [-0.1, -0.05) is 0 Å². The Morgan fingerprint density at radius 1 is 1.18 bits per heavy atom. The number of anilines is 1. The van der Waals surface area contributed by atoms with E-state index in [1.165, 1.54) is 6.07 Å². The Kier molecular flexibility index (Phi) is 7.14. The third-order valence-electron chi connectivity index (χ3n) is 7.00. The largest absolute Gasteiger partial charge is 0.365 e. The van der Waals surface area contributed by atoms with E-state index in [1.807, 2.05) is 30.0 Å². The van der Waals surface area contributed by atoms with Crippen LogP contribution >= 0.6 is 0 Å². The number of carbonyl (C=O) groups excluding carboxylic acids is 2. The average molecular weight is 459 g/mol. The summed E-state index contributed by atoms with van der Waals surface area (Å²) in [5.41, 5.74) is 1.86. The molecule has 33 heavy (non-hydrogen) atoms. The minimum absolute atomic E-state index is 0.0308. The molecule has 0 saturated carbocycles. The van der Waals surface area contributed by atoms with Crippen molar-refractivity contribution in [2.24, 2.45) is 5.92 Å². The van der Waals surface area contributed by atoms with Crippen LogP contribution < -0.4 is 10.2 Å². The lowest BCUT2D eigenvalue weighted by Crippen LogP contribution is -2.62. The van der Waals surface area contributed by atoms with E-state index < -0.39 is 0 Å². The van der Waals surface area contributed by atoms with Crippen molar-refractivity contribution in [1.82, 2.24) is 20.0 Å². The predicted octanol–water partition coefficient (Wildman–Crippen LogP) is 0.558. The van der Waals surface area contributed by atoms with Crippen LogP contribution in [0.2, 0.25) is 0 Å². The van der Waals surface area contributed by atoms with E-state index in [9.17, 15) is 19.7 Å². The Morgan fingerprint density at radius 3 is 2.64 bits per heavy atom. The highest BCUT2D eigenvalue weighted by Gasteiger charge is 2.42. The standard InChI is InChI=1S/C23H34N6O4/c1-25(2)10-7-24-23(31)19-14-17-13-18(29(32)33)5-6-20(17)28-12-11-26(15-21(19)28)16-22(30)27-8-3-4-9-27/h5-6,13,19,21H,3-4,7-12,14-16H2,1-2H3,(H,24,31). The summed E-state index contributed by atoms with van der Waals surface area (Å²) >= 11 is 0. The number of non-ortho nitro benzene ring substituents is 1. The van der Waals surface area contributed by atoms with Crippen molar-refractivity contribution in [1.29, 1.82) is 0 Å². The summed E-state index contributed by atoms with van der Waals surface area (Å²) in [5.74, 6) is -0.192. The number of likely N-dealkylation sites (tertiary alicyclic amines) is 1. The van der Waals surface area contributed by atoms with Crippen molar-refractivity contribution in [3.8, 4) is 0 Å². The van der Waals surface area contributed by atoms with E-state index in [2.05, 4.69) is 15.1 Å². The van der Waals surface area contributed by atoms with Gasteiger partial charge in [-0.25, -0.2) is 0 Å². The fourth-order valence-electron chi connectivity index (χ4n) is 5.22. The maximum Gasteiger partial charge on any atom is 0.269 e. The third-order valence-corrected chi connectivity index (χ3v) is 7.00. The van der Waals surface area contributed by atoms with Gasteiger partial charge in [0.15, 0.2) is 0 Å². The number of nitrogens with zero attached hydrogens (tertiary/aromatic N) is 5. The summed E-state index contributed by atoms with van der Waals surface area (Å²) < 4.78 is 0. The van der Waals surface area contributed by atoms with E-state index in [-0.39, 0.29) is 34.4 Å². The third kappa shape index (κ3) is 5.27. The van der Waals surface area contributed by atoms with Crippen molar-refractivity contribution in [3.05, 3.63) is 33.9 Å². The number of amides is 2. The molecular weight excluding hydrogens is 424 g/mol. The molecule has 10 heteroatoms. The highest BCUT2D eigenvalue weighted by molar-refractivity contribution is 5.82. The number of hydrogen-bond donors (Lipinski definition) is 1. The zero-order valence-corrected chi connectivity index (χ0v) is 19.5. The Bertz CT molecular complexity index is 901. The van der Waals surface area contributed by atoms with E-state index in [0.29, 0.717) is 32.6 Å². The van der Waals surface area contributed by atoms with Crippen LogP contribution in [-0.2, 0) is 16.0 Å². The molecule has 0 aliphatic carbocycles. The Morgan fingerprint density at radius 2 is 1.94 bits per heavy atom. The minimum atomic E-state index is -0.388. The zero-order valence-electron chi connectivity index (χ0n) is 19.5. The Labute approximate surface area is 194 Å². The second-order valence-electron chi connectivity index (χ2n) is 9.56. The van der Waals surface area contributed by atoms with E-state index >= 15 is 0 Å². The topological polar surface area (TPSA) is 102 Å². The van der Waals surface area contributed by atoms with Gasteiger partial charge in [0.25, 0.3) is 5.69 Å². The van der Waals surface area contributed by atoms with Gasteiger partial charge in [0.2, 0.25) is 11.8 Å². The number of nitro benzene ring substituents is 1. The smallest absolute Gasteiger partial charge is 0.269 e. The molecule has 2 saturated heterocycles. The number of likely N-dealkylation sites (N-methyl/N-ethyl adjacent to an activating group) is 1. The van der Waals surface area contributed by atoms with Crippen LogP contribution in [0.25, 0.3) is 0 Å². The molecule has 1 aromatic carbocycles. The molecule has 3 aliphatic heterocycles. The lowest BCUT2D eigenvalue weighted by molar-refractivity contribution is -0.384. The lowest BCUT2D eigenvalue weighted by Gasteiger charge is -2.49. The van der Waals surface area contributed by atoms with Crippen LogP contribution in [0.5, 0.6) is 0 Å². The van der Waals surface area contributed by atoms with Gasteiger partial charge in [-0.05, 0) is 45.0 Å². The predicted molar refractivity (Wildman–Crippen MR) is 125 cm³/mol. The quantitative estimate of drug-likeness (QED) is 0.470. The summed E-state index contributed by atoms with van der Waals surface area (Å²) in [6, 6.07) is 4.88. The molecule has 4 rings (SSSR count). The molecule has 10 nitrogen and oxygen atoms in total. The first kappa shape index (κ1) is 23.4. The summed E-state index contributed by atoms with van der Waals surface area (Å²) in [4.78, 5) is 45.2. The highest BCUT2D eigenvalue weighted by atomic mass is 16.6. The number of piperazine rings is 1. The van der Waals surface area contributed by atoms with Gasteiger partial charge in [0, 0.05) is 63.6 Å². The maximum absolute atomic E-state index is 13.2. The number of rotatable bonds is 7. The minimum Gasteiger partial charge on any atom is -0.365 e. The van der Waals surface area contributed by atoms with E-state index in [1.54, 1.807) is 6.07 Å². The molecule has 0 radical (unpaired) electrons. The second kappa shape index (κ2) is 10.0. The van der Waals surface area contributed by atoms with Crippen molar-refractivity contribution in [2.75, 3.05) is 71.4 Å². The molecule has 180 valence electrons. The van der Waals surface area contributed by atoms with Crippen LogP contribution in [0.4, 0.5) is 11.4 Å². The molecule has 1 N–H and O–H groups in total. The van der Waals surface area contributed by atoms with Gasteiger partial charge in [0.05, 0.1) is 23.4 Å². The van der Waals surface area contributed by atoms with Crippen LogP contribution in [0.15, 0.2) is 18.2 Å². The summed E-state index contributed by atoms with van der Waals surface area (Å²) in [6.07, 6.45) is 2.60. The fraction of sp³-hybridized carbons (Fsp3) is 0.652. The number of carbonyl (C=O) groups is 2. The monoisotopic (exact) mass is 458 g/mol. The fourth-order valence-corrected chi connectivity index (χ4v) is 5.22. The number of benzene rings is 1. The van der Waals surface area contributed by atoms with Gasteiger partial charge in [-0.15, -0.1) is 0 Å². The van der Waals surface area contributed by atoms with Crippen molar-refractivity contribution < 1.29 is 14.5 Å². The maximum atomic E-state index is 13.2. The van der Waals surface area contributed by atoms with Crippen molar-refractivity contribution in [2.45, 2.75) is 25.3 Å². The highest BCUT2D eigenvalue weighted by Crippen LogP contribution is 2.37. The van der Waals surface area contributed by atoms with Crippen molar-refractivity contribution >= 4 is 23.2 Å². The molecule has 1 aromatic rings. The van der Waals surface area contributed by atoms with Gasteiger partial charge >= 0.3 is 0 Å². The van der Waals surface area contributed by atoms with E-state index in [4.69, 9.17) is 0 Å². The normalized spacial score (nSPS) is 22.8. The molecule has 0 bridgehead atoms. The number of hydrogen-bond acceptors (Lipinski definition) is 7. The van der Waals surface area contributed by atoms with Gasteiger partial charge < -0.3 is 20.0 Å². The molecule has 0 aromatic heterocycles. The first-order valence-electron chi connectivity index (χ1n) is 11.8. The number of nitrogens with one attached hydrogen (secondary N) is 1. The molecule has 2 amide bonds. The second-order valence-corrected chi connectivity index (χ2v) is 9.56. The van der Waals surface area contributed by atoms with Crippen LogP contribution in [-0.4, -0.2) is 104 Å². The van der Waals surface area contributed by atoms with Crippen molar-refractivity contribution in [3.63, 3.8) is 0 Å². The SMILES string of the molecule is CN(C)CCNC(=O)C1Cc2cc([N+](=O)[O-])ccc2N2CCN(CC(=O)N3CCCC3)CC12. The average Bonchev–Trinajstić information content (AvgIpc) is 3.33.